The number of carboxylic acid groups (broad SMARTS) is 1. The highest BCUT2D eigenvalue weighted by atomic mass is 16.4. The number of nitrogens with two attached hydrogens (primary N) is 1. The highest BCUT2D eigenvalue weighted by molar-refractivity contribution is 5.91. The SMILES string of the molecule is CC(=O)NC(C(=O)NC(CCCCNC(=O)O)C(N)=O)C(C)O. The molecule has 0 rings (SSSR count). The zero-order chi connectivity index (χ0) is 18.0. The molecule has 10 heteroatoms. The van der Waals surface area contributed by atoms with Crippen LogP contribution < -0.4 is 21.7 Å². The van der Waals surface area contributed by atoms with E-state index in [1.807, 2.05) is 0 Å². The van der Waals surface area contributed by atoms with Crippen LogP contribution in [0.5, 0.6) is 0 Å². The second kappa shape index (κ2) is 10.4. The molecule has 23 heavy (non-hydrogen) atoms. The lowest BCUT2D eigenvalue weighted by atomic mass is 10.1. The van der Waals surface area contributed by atoms with Crippen LogP contribution in [0, 0.1) is 0 Å². The summed E-state index contributed by atoms with van der Waals surface area (Å²) < 4.78 is 0. The molecular formula is C13H24N4O6. The van der Waals surface area contributed by atoms with Crippen molar-refractivity contribution in [2.24, 2.45) is 5.73 Å². The molecule has 0 saturated carbocycles. The minimum Gasteiger partial charge on any atom is -0.465 e. The molecule has 0 aromatic carbocycles. The normalized spacial score (nSPS) is 14.2. The van der Waals surface area contributed by atoms with Crippen LogP contribution in [0.4, 0.5) is 4.79 Å². The third-order valence-electron chi connectivity index (χ3n) is 2.98. The minimum absolute atomic E-state index is 0.217. The molecule has 7 N–H and O–H groups in total. The average Bonchev–Trinajstić information content (AvgIpc) is 2.41. The largest absolute Gasteiger partial charge is 0.465 e. The number of nitrogens with one attached hydrogen (secondary N) is 3. The highest BCUT2D eigenvalue weighted by Gasteiger charge is 2.27. The Balaban J connectivity index is 4.49. The van der Waals surface area contributed by atoms with Crippen molar-refractivity contribution in [3.8, 4) is 0 Å². The van der Waals surface area contributed by atoms with E-state index in [0.717, 1.165) is 0 Å². The molecule has 10 nitrogen and oxygen atoms in total. The number of hydrogen-bond donors (Lipinski definition) is 6. The van der Waals surface area contributed by atoms with Crippen molar-refractivity contribution in [2.75, 3.05) is 6.54 Å². The number of rotatable bonds is 10. The number of aliphatic hydroxyl groups is 1. The molecule has 0 aromatic heterocycles. The maximum absolute atomic E-state index is 12.0. The van der Waals surface area contributed by atoms with E-state index in [4.69, 9.17) is 10.8 Å². The van der Waals surface area contributed by atoms with Crippen molar-refractivity contribution >= 4 is 23.8 Å². The van der Waals surface area contributed by atoms with Gasteiger partial charge < -0.3 is 31.9 Å². The molecule has 0 bridgehead atoms. The quantitative estimate of drug-likeness (QED) is 0.260. The molecule has 0 aliphatic rings. The Morgan fingerprint density at radius 3 is 2.17 bits per heavy atom. The zero-order valence-electron chi connectivity index (χ0n) is 13.2. The molecule has 0 spiro atoms. The molecule has 3 unspecified atom stereocenters. The number of amides is 4. The Morgan fingerprint density at radius 2 is 1.74 bits per heavy atom. The fourth-order valence-electron chi connectivity index (χ4n) is 1.84. The van der Waals surface area contributed by atoms with Gasteiger partial charge in [0.25, 0.3) is 0 Å². The second-order valence-electron chi connectivity index (χ2n) is 5.11. The molecule has 0 aliphatic heterocycles. The Kier molecular flexibility index (Phi) is 9.31. The molecule has 0 radical (unpaired) electrons. The van der Waals surface area contributed by atoms with Crippen molar-refractivity contribution in [3.63, 3.8) is 0 Å². The molecule has 0 saturated heterocycles. The number of carbonyl (C=O) groups is 4. The Hall–Kier alpha value is -2.36. The standard InChI is InChI=1S/C13H24N4O6/c1-7(18)10(16-8(2)19)12(21)17-9(11(14)20)5-3-4-6-15-13(22)23/h7,9-10,15,18H,3-6H2,1-2H3,(H2,14,20)(H,16,19)(H,17,21)(H,22,23). The first-order valence-electron chi connectivity index (χ1n) is 7.16. The van der Waals surface area contributed by atoms with Crippen molar-refractivity contribution in [1.82, 2.24) is 16.0 Å². The average molecular weight is 332 g/mol. The number of unbranched alkanes of at least 4 members (excludes halogenated alkanes) is 1. The van der Waals surface area contributed by atoms with Crippen LogP contribution in [-0.4, -0.2) is 58.8 Å². The molecule has 0 aromatic rings. The first-order chi connectivity index (χ1) is 10.6. The summed E-state index contributed by atoms with van der Waals surface area (Å²) in [5, 5.41) is 24.8. The van der Waals surface area contributed by atoms with E-state index in [1.165, 1.54) is 13.8 Å². The van der Waals surface area contributed by atoms with Crippen LogP contribution >= 0.6 is 0 Å². The maximum atomic E-state index is 12.0. The van der Waals surface area contributed by atoms with E-state index in [9.17, 15) is 24.3 Å². The third-order valence-corrected chi connectivity index (χ3v) is 2.98. The topological polar surface area (TPSA) is 171 Å². The lowest BCUT2D eigenvalue weighted by molar-refractivity contribution is -0.133. The smallest absolute Gasteiger partial charge is 0.404 e. The number of hydrogen-bond acceptors (Lipinski definition) is 5. The fraction of sp³-hybridized carbons (Fsp3) is 0.692. The van der Waals surface area contributed by atoms with Gasteiger partial charge in [0, 0.05) is 13.5 Å². The van der Waals surface area contributed by atoms with Crippen LogP contribution in [0.3, 0.4) is 0 Å². The predicted octanol–water partition coefficient (Wildman–Crippen LogP) is -1.72. The Labute approximate surface area is 133 Å². The van der Waals surface area contributed by atoms with Crippen LogP contribution in [0.1, 0.15) is 33.1 Å². The van der Waals surface area contributed by atoms with Crippen molar-refractivity contribution in [2.45, 2.75) is 51.3 Å². The summed E-state index contributed by atoms with van der Waals surface area (Å²) in [6, 6.07) is -2.16. The molecule has 132 valence electrons. The van der Waals surface area contributed by atoms with Gasteiger partial charge in [-0.15, -0.1) is 0 Å². The maximum Gasteiger partial charge on any atom is 0.404 e. The summed E-state index contributed by atoms with van der Waals surface area (Å²) in [5.74, 6) is -1.97. The van der Waals surface area contributed by atoms with Gasteiger partial charge >= 0.3 is 6.09 Å². The van der Waals surface area contributed by atoms with Gasteiger partial charge in [-0.05, 0) is 26.2 Å². The molecular weight excluding hydrogens is 308 g/mol. The van der Waals surface area contributed by atoms with E-state index in [0.29, 0.717) is 12.8 Å². The molecule has 0 aliphatic carbocycles. The summed E-state index contributed by atoms with van der Waals surface area (Å²) in [4.78, 5) is 44.7. The first kappa shape index (κ1) is 20.6. The number of primary amides is 1. The van der Waals surface area contributed by atoms with Crippen LogP contribution in [-0.2, 0) is 14.4 Å². The van der Waals surface area contributed by atoms with Gasteiger partial charge in [0.1, 0.15) is 12.1 Å². The number of aliphatic hydroxyl groups excluding tert-OH is 1. The van der Waals surface area contributed by atoms with Gasteiger partial charge in [0.2, 0.25) is 17.7 Å². The van der Waals surface area contributed by atoms with Gasteiger partial charge in [0.05, 0.1) is 6.10 Å². The molecule has 0 fully saturated rings. The van der Waals surface area contributed by atoms with Gasteiger partial charge in [-0.1, -0.05) is 0 Å². The Morgan fingerprint density at radius 1 is 1.13 bits per heavy atom. The summed E-state index contributed by atoms with van der Waals surface area (Å²) in [6.45, 7) is 2.75. The van der Waals surface area contributed by atoms with Crippen molar-refractivity contribution in [1.29, 1.82) is 0 Å². The predicted molar refractivity (Wildman–Crippen MR) is 80.3 cm³/mol. The van der Waals surface area contributed by atoms with E-state index in [-0.39, 0.29) is 13.0 Å². The van der Waals surface area contributed by atoms with E-state index in [1.54, 1.807) is 0 Å². The lowest BCUT2D eigenvalue weighted by Crippen LogP contribution is -2.56. The molecule has 4 amide bonds. The van der Waals surface area contributed by atoms with Gasteiger partial charge in [-0.2, -0.15) is 0 Å². The van der Waals surface area contributed by atoms with Crippen molar-refractivity contribution < 1.29 is 29.4 Å². The minimum atomic E-state index is -1.19. The Bertz CT molecular complexity index is 440. The van der Waals surface area contributed by atoms with E-state index >= 15 is 0 Å². The van der Waals surface area contributed by atoms with E-state index in [2.05, 4.69) is 16.0 Å². The summed E-state index contributed by atoms with van der Waals surface area (Å²) >= 11 is 0. The highest BCUT2D eigenvalue weighted by Crippen LogP contribution is 2.02. The van der Waals surface area contributed by atoms with E-state index < -0.39 is 42.0 Å². The monoisotopic (exact) mass is 332 g/mol. The van der Waals surface area contributed by atoms with Crippen LogP contribution in [0.2, 0.25) is 0 Å². The molecule has 3 atom stereocenters. The molecule has 0 heterocycles. The number of carbonyl (C=O) groups excluding carboxylic acids is 3. The lowest BCUT2D eigenvalue weighted by Gasteiger charge is -2.23. The zero-order valence-corrected chi connectivity index (χ0v) is 13.2. The first-order valence-corrected chi connectivity index (χ1v) is 7.16. The van der Waals surface area contributed by atoms with Gasteiger partial charge in [-0.25, -0.2) is 4.79 Å². The van der Waals surface area contributed by atoms with Crippen LogP contribution in [0.15, 0.2) is 0 Å². The summed E-state index contributed by atoms with van der Waals surface area (Å²) in [5.41, 5.74) is 5.21. The summed E-state index contributed by atoms with van der Waals surface area (Å²) in [6.07, 6.45) is -1.15. The van der Waals surface area contributed by atoms with Crippen molar-refractivity contribution in [3.05, 3.63) is 0 Å². The summed E-state index contributed by atoms with van der Waals surface area (Å²) in [7, 11) is 0. The third kappa shape index (κ3) is 9.30. The fourth-order valence-corrected chi connectivity index (χ4v) is 1.84. The van der Waals surface area contributed by atoms with Gasteiger partial charge in [0.15, 0.2) is 0 Å². The second-order valence-corrected chi connectivity index (χ2v) is 5.11. The van der Waals surface area contributed by atoms with Crippen LogP contribution in [0.25, 0.3) is 0 Å². The van der Waals surface area contributed by atoms with Gasteiger partial charge in [-0.3, -0.25) is 14.4 Å².